The number of amides is 2. The number of nitrogens with one attached hydrogen (secondary N) is 1. The number of aromatic amines is 1. The van der Waals surface area contributed by atoms with E-state index in [0.29, 0.717) is 44.2 Å². The Morgan fingerprint density at radius 1 is 1.32 bits per heavy atom. The number of rotatable bonds is 3. The zero-order chi connectivity index (χ0) is 17.8. The first-order chi connectivity index (χ1) is 12.0. The van der Waals surface area contributed by atoms with Crippen LogP contribution >= 0.6 is 0 Å². The van der Waals surface area contributed by atoms with Gasteiger partial charge in [0.2, 0.25) is 11.8 Å². The average molecular weight is 348 g/mol. The molecule has 0 bridgehead atoms. The van der Waals surface area contributed by atoms with Crippen LogP contribution in [0.25, 0.3) is 0 Å². The number of nitrogens with zero attached hydrogens (tertiary/aromatic N) is 3. The molecule has 0 saturated carbocycles. The van der Waals surface area contributed by atoms with Gasteiger partial charge >= 0.3 is 0 Å². The quantitative estimate of drug-likeness (QED) is 0.852. The van der Waals surface area contributed by atoms with Gasteiger partial charge in [0.25, 0.3) is 5.56 Å². The van der Waals surface area contributed by atoms with Gasteiger partial charge in [-0.2, -0.15) is 0 Å². The van der Waals surface area contributed by atoms with Gasteiger partial charge in [-0.25, -0.2) is 4.98 Å². The number of carbonyl (C=O) groups excluding carboxylic acids is 2. The second-order valence-corrected chi connectivity index (χ2v) is 6.60. The van der Waals surface area contributed by atoms with E-state index in [-0.39, 0.29) is 23.9 Å². The molecule has 1 N–H and O–H groups in total. The molecule has 8 nitrogen and oxygen atoms in total. The van der Waals surface area contributed by atoms with Crippen molar-refractivity contribution < 1.29 is 14.3 Å². The van der Waals surface area contributed by atoms with E-state index in [1.54, 1.807) is 16.7 Å². The second-order valence-electron chi connectivity index (χ2n) is 6.60. The van der Waals surface area contributed by atoms with E-state index in [1.165, 1.54) is 6.07 Å². The van der Waals surface area contributed by atoms with Crippen LogP contribution in [-0.2, 0) is 14.3 Å². The summed E-state index contributed by atoms with van der Waals surface area (Å²) in [6, 6.07) is 1.42. The van der Waals surface area contributed by atoms with Gasteiger partial charge in [-0.3, -0.25) is 14.4 Å². The van der Waals surface area contributed by atoms with Gasteiger partial charge < -0.3 is 19.5 Å². The number of hydrogen-bond acceptors (Lipinski definition) is 5. The summed E-state index contributed by atoms with van der Waals surface area (Å²) >= 11 is 0. The minimum atomic E-state index is -0.454. The van der Waals surface area contributed by atoms with Crippen LogP contribution in [0.15, 0.2) is 10.9 Å². The highest BCUT2D eigenvalue weighted by Crippen LogP contribution is 2.19. The molecule has 25 heavy (non-hydrogen) atoms. The van der Waals surface area contributed by atoms with E-state index in [9.17, 15) is 14.4 Å². The lowest BCUT2D eigenvalue weighted by Gasteiger charge is -2.33. The Morgan fingerprint density at radius 3 is 2.96 bits per heavy atom. The zero-order valence-electron chi connectivity index (χ0n) is 14.5. The summed E-state index contributed by atoms with van der Waals surface area (Å²) < 4.78 is 5.68. The molecule has 1 aromatic heterocycles. The highest BCUT2D eigenvalue weighted by molar-refractivity contribution is 5.85. The third-order valence-corrected chi connectivity index (χ3v) is 4.61. The summed E-state index contributed by atoms with van der Waals surface area (Å²) in [7, 11) is 0. The lowest BCUT2D eigenvalue weighted by atomic mass is 10.2. The number of aryl methyl sites for hydroxylation is 1. The Labute approximate surface area is 146 Å². The van der Waals surface area contributed by atoms with E-state index < -0.39 is 6.10 Å². The largest absolute Gasteiger partial charge is 0.367 e. The number of hydrogen-bond donors (Lipinski definition) is 1. The van der Waals surface area contributed by atoms with Gasteiger partial charge in [0, 0.05) is 31.3 Å². The van der Waals surface area contributed by atoms with Gasteiger partial charge in [-0.1, -0.05) is 6.42 Å². The van der Waals surface area contributed by atoms with E-state index in [2.05, 4.69) is 9.97 Å². The van der Waals surface area contributed by atoms with Crippen LogP contribution in [-0.4, -0.2) is 64.4 Å². The Morgan fingerprint density at radius 2 is 2.16 bits per heavy atom. The molecule has 0 unspecified atom stereocenters. The Kier molecular flexibility index (Phi) is 5.47. The summed E-state index contributed by atoms with van der Waals surface area (Å²) in [5.41, 5.74) is 0.380. The van der Waals surface area contributed by atoms with E-state index >= 15 is 0 Å². The highest BCUT2D eigenvalue weighted by Gasteiger charge is 2.29. The average Bonchev–Trinajstić information content (AvgIpc) is 2.79. The van der Waals surface area contributed by atoms with Crippen molar-refractivity contribution in [3.8, 4) is 0 Å². The first-order valence-electron chi connectivity index (χ1n) is 8.78. The number of likely N-dealkylation sites (tertiary alicyclic amines) is 1. The molecule has 3 rings (SSSR count). The van der Waals surface area contributed by atoms with Crippen molar-refractivity contribution in [2.24, 2.45) is 0 Å². The molecule has 2 aliphatic rings. The predicted molar refractivity (Wildman–Crippen MR) is 89.9 cm³/mol. The van der Waals surface area contributed by atoms with Gasteiger partial charge in [-0.05, 0) is 19.8 Å². The van der Waals surface area contributed by atoms with Gasteiger partial charge in [-0.15, -0.1) is 0 Å². The van der Waals surface area contributed by atoms with Crippen LogP contribution in [0.3, 0.4) is 0 Å². The number of ether oxygens (including phenoxy) is 1. The van der Waals surface area contributed by atoms with Crippen molar-refractivity contribution >= 4 is 11.8 Å². The number of carbonyl (C=O) groups is 2. The normalized spacial score (nSPS) is 22.0. The molecule has 1 aromatic rings. The van der Waals surface area contributed by atoms with Gasteiger partial charge in [0.15, 0.2) is 0 Å². The van der Waals surface area contributed by atoms with E-state index in [0.717, 1.165) is 19.3 Å². The fraction of sp³-hybridized carbons (Fsp3) is 0.647. The molecule has 2 saturated heterocycles. The molecule has 136 valence electrons. The van der Waals surface area contributed by atoms with Crippen molar-refractivity contribution in [1.29, 1.82) is 0 Å². The lowest BCUT2D eigenvalue weighted by molar-refractivity contribution is -0.145. The molecule has 2 fully saturated rings. The maximum atomic E-state index is 12.6. The molecular weight excluding hydrogens is 324 g/mol. The number of H-pyrrole nitrogens is 1. The van der Waals surface area contributed by atoms with Crippen LogP contribution in [0.2, 0.25) is 0 Å². The molecule has 0 radical (unpaired) electrons. The maximum absolute atomic E-state index is 12.6. The summed E-state index contributed by atoms with van der Waals surface area (Å²) in [4.78, 5) is 46.7. The third kappa shape index (κ3) is 4.45. The first-order valence-corrected chi connectivity index (χ1v) is 8.78. The minimum Gasteiger partial charge on any atom is -0.367 e. The second kappa shape index (κ2) is 7.77. The van der Waals surface area contributed by atoms with Crippen LogP contribution in [0, 0.1) is 6.92 Å². The monoisotopic (exact) mass is 348 g/mol. The Hall–Kier alpha value is -2.22. The summed E-state index contributed by atoms with van der Waals surface area (Å²) in [5, 5.41) is 0. The Balaban J connectivity index is 1.65. The van der Waals surface area contributed by atoms with Crippen molar-refractivity contribution in [2.45, 2.75) is 38.7 Å². The fourth-order valence-corrected chi connectivity index (χ4v) is 3.26. The first kappa shape index (κ1) is 17.6. The summed E-state index contributed by atoms with van der Waals surface area (Å²) in [5.74, 6) is 0.409. The molecule has 0 aromatic carbocycles. The van der Waals surface area contributed by atoms with Crippen molar-refractivity contribution in [3.05, 3.63) is 27.9 Å². The van der Waals surface area contributed by atoms with Crippen LogP contribution < -0.4 is 5.56 Å². The van der Waals surface area contributed by atoms with Crippen molar-refractivity contribution in [2.75, 3.05) is 32.8 Å². The fourth-order valence-electron chi connectivity index (χ4n) is 3.26. The van der Waals surface area contributed by atoms with Crippen LogP contribution in [0.1, 0.15) is 43.3 Å². The SMILES string of the molecule is Cc1cc(=O)[nH]c([C@H]2CN(C(=O)CN3CCCCCC3=O)CCO2)n1. The van der Waals surface area contributed by atoms with Gasteiger partial charge in [0.05, 0.1) is 19.7 Å². The number of morpholine rings is 1. The predicted octanol–water partition coefficient (Wildman–Crippen LogP) is 0.381. The van der Waals surface area contributed by atoms with Crippen LogP contribution in [0.4, 0.5) is 0 Å². The molecule has 3 heterocycles. The number of aromatic nitrogens is 2. The molecular formula is C17H24N4O4. The third-order valence-electron chi connectivity index (χ3n) is 4.61. The smallest absolute Gasteiger partial charge is 0.251 e. The molecule has 1 atom stereocenters. The lowest BCUT2D eigenvalue weighted by Crippen LogP contribution is -2.48. The van der Waals surface area contributed by atoms with Crippen molar-refractivity contribution in [1.82, 2.24) is 19.8 Å². The van der Waals surface area contributed by atoms with Gasteiger partial charge in [0.1, 0.15) is 11.9 Å². The zero-order valence-corrected chi connectivity index (χ0v) is 14.5. The maximum Gasteiger partial charge on any atom is 0.251 e. The Bertz CT molecular complexity index is 702. The minimum absolute atomic E-state index is 0.0559. The summed E-state index contributed by atoms with van der Waals surface area (Å²) in [6.07, 6.45) is 2.94. The molecule has 8 heteroatoms. The van der Waals surface area contributed by atoms with E-state index in [1.807, 2.05) is 0 Å². The van der Waals surface area contributed by atoms with Crippen molar-refractivity contribution in [3.63, 3.8) is 0 Å². The van der Waals surface area contributed by atoms with Crippen LogP contribution in [0.5, 0.6) is 0 Å². The van der Waals surface area contributed by atoms with E-state index in [4.69, 9.17) is 4.74 Å². The summed E-state index contributed by atoms with van der Waals surface area (Å²) in [6.45, 7) is 3.69. The highest BCUT2D eigenvalue weighted by atomic mass is 16.5. The standard InChI is InChI=1S/C17H24N4O4/c1-12-9-14(22)19-17(18-12)13-10-21(7-8-25-13)16(24)11-20-6-4-2-3-5-15(20)23/h9,13H,2-8,10-11H2,1H3,(H,18,19,22)/t13-/m1/s1. The molecule has 2 aliphatic heterocycles. The molecule has 2 amide bonds. The molecule has 0 spiro atoms. The topological polar surface area (TPSA) is 95.6 Å². The molecule has 0 aliphatic carbocycles.